The highest BCUT2D eigenvalue weighted by atomic mass is 19.1. The molecule has 0 fully saturated rings. The Morgan fingerprint density at radius 1 is 1.47 bits per heavy atom. The molecule has 0 spiro atoms. The number of halogens is 1. The molecule has 0 radical (unpaired) electrons. The number of carbonyl (C=O) groups excluding carboxylic acids is 1. The van der Waals surface area contributed by atoms with Crippen LogP contribution in [0.1, 0.15) is 21.9 Å². The minimum Gasteiger partial charge on any atom is -0.483 e. The first kappa shape index (κ1) is 13.1. The number of hydrogen-bond acceptors (Lipinski definition) is 4. The average Bonchev–Trinajstić information content (AvgIpc) is 2.78. The first-order valence-corrected chi connectivity index (χ1v) is 5.59. The Morgan fingerprint density at radius 3 is 2.89 bits per heavy atom. The van der Waals surface area contributed by atoms with Crippen molar-refractivity contribution in [3.63, 3.8) is 0 Å². The lowest BCUT2D eigenvalue weighted by molar-refractivity contribution is 0.0952. The number of amides is 1. The molecule has 19 heavy (non-hydrogen) atoms. The Kier molecular flexibility index (Phi) is 3.82. The molecule has 0 aliphatic heterocycles. The Labute approximate surface area is 109 Å². The van der Waals surface area contributed by atoms with Gasteiger partial charge in [-0.05, 0) is 25.1 Å². The van der Waals surface area contributed by atoms with Gasteiger partial charge in [0.15, 0.2) is 11.6 Å². The maximum absolute atomic E-state index is 13.3. The summed E-state index contributed by atoms with van der Waals surface area (Å²) in [5.74, 6) is 5.11. The first-order chi connectivity index (χ1) is 9.11. The summed E-state index contributed by atoms with van der Waals surface area (Å²) in [6.07, 6.45) is 0. The summed E-state index contributed by atoms with van der Waals surface area (Å²) >= 11 is 0. The largest absolute Gasteiger partial charge is 0.483 e. The number of aryl methyl sites for hydroxylation is 1. The van der Waals surface area contributed by atoms with Gasteiger partial charge >= 0.3 is 0 Å². The molecule has 5 nitrogen and oxygen atoms in total. The van der Waals surface area contributed by atoms with E-state index >= 15 is 0 Å². The van der Waals surface area contributed by atoms with Gasteiger partial charge in [0.25, 0.3) is 5.91 Å². The van der Waals surface area contributed by atoms with Gasteiger partial charge in [0.05, 0.1) is 5.56 Å². The van der Waals surface area contributed by atoms with E-state index in [1.807, 2.05) is 5.43 Å². The quantitative estimate of drug-likeness (QED) is 0.502. The summed E-state index contributed by atoms with van der Waals surface area (Å²) in [5, 5.41) is 0. The second kappa shape index (κ2) is 5.53. The van der Waals surface area contributed by atoms with Crippen LogP contribution in [0, 0.1) is 12.7 Å². The zero-order chi connectivity index (χ0) is 13.8. The summed E-state index contributed by atoms with van der Waals surface area (Å²) in [5.41, 5.74) is 2.35. The molecule has 1 heterocycles. The van der Waals surface area contributed by atoms with E-state index in [9.17, 15) is 9.18 Å². The number of nitrogen functional groups attached to an aromatic ring is 1. The highest BCUT2D eigenvalue weighted by molar-refractivity contribution is 5.94. The van der Waals surface area contributed by atoms with Crippen molar-refractivity contribution >= 4 is 5.91 Å². The monoisotopic (exact) mass is 264 g/mol. The van der Waals surface area contributed by atoms with Crippen LogP contribution in [0.2, 0.25) is 0 Å². The second-order valence-corrected chi connectivity index (χ2v) is 3.88. The van der Waals surface area contributed by atoms with Gasteiger partial charge in [-0.25, -0.2) is 10.2 Å². The van der Waals surface area contributed by atoms with E-state index in [-0.39, 0.29) is 12.4 Å². The zero-order valence-electron chi connectivity index (χ0n) is 10.3. The third-order valence-corrected chi connectivity index (χ3v) is 2.55. The number of carbonyl (C=O) groups is 1. The summed E-state index contributed by atoms with van der Waals surface area (Å²) in [6.45, 7) is 1.66. The van der Waals surface area contributed by atoms with Gasteiger partial charge in [-0.15, -0.1) is 0 Å². The molecular formula is C13H13FN2O3. The van der Waals surface area contributed by atoms with Crippen molar-refractivity contribution in [2.24, 2.45) is 5.84 Å². The molecule has 0 atom stereocenters. The molecule has 2 aromatic rings. The van der Waals surface area contributed by atoms with Crippen LogP contribution in [-0.4, -0.2) is 5.91 Å². The van der Waals surface area contributed by atoms with Crippen LogP contribution in [0.15, 0.2) is 34.7 Å². The second-order valence-electron chi connectivity index (χ2n) is 3.88. The summed E-state index contributed by atoms with van der Waals surface area (Å²) in [6, 6.07) is 7.56. The molecule has 100 valence electrons. The lowest BCUT2D eigenvalue weighted by atomic mass is 10.2. The van der Waals surface area contributed by atoms with Gasteiger partial charge in [0.2, 0.25) is 0 Å². The molecular weight excluding hydrogens is 251 g/mol. The van der Waals surface area contributed by atoms with Crippen molar-refractivity contribution in [1.29, 1.82) is 0 Å². The van der Waals surface area contributed by atoms with Crippen molar-refractivity contribution in [2.45, 2.75) is 13.5 Å². The fourth-order valence-electron chi connectivity index (χ4n) is 1.63. The Balaban J connectivity index is 2.09. The molecule has 0 aliphatic rings. The maximum atomic E-state index is 13.3. The van der Waals surface area contributed by atoms with Gasteiger partial charge in [-0.1, -0.05) is 12.1 Å². The fourth-order valence-corrected chi connectivity index (χ4v) is 1.63. The Hall–Kier alpha value is -2.34. The number of benzene rings is 1. The minimum absolute atomic E-state index is 0.0274. The highest BCUT2D eigenvalue weighted by Gasteiger charge is 2.14. The van der Waals surface area contributed by atoms with Crippen molar-refractivity contribution in [2.75, 3.05) is 0 Å². The van der Waals surface area contributed by atoms with E-state index in [1.54, 1.807) is 19.1 Å². The van der Waals surface area contributed by atoms with Gasteiger partial charge in [-0.3, -0.25) is 10.2 Å². The van der Waals surface area contributed by atoms with E-state index < -0.39 is 11.7 Å². The SMILES string of the molecule is Cc1oc(COc2ccccc2F)cc1C(=O)NN. The van der Waals surface area contributed by atoms with Crippen LogP contribution in [0.3, 0.4) is 0 Å². The van der Waals surface area contributed by atoms with Crippen molar-refractivity contribution < 1.29 is 18.3 Å². The number of para-hydroxylation sites is 1. The van der Waals surface area contributed by atoms with Crippen molar-refractivity contribution in [3.8, 4) is 5.75 Å². The van der Waals surface area contributed by atoms with E-state index in [2.05, 4.69) is 0 Å². The molecule has 1 aromatic carbocycles. The first-order valence-electron chi connectivity index (χ1n) is 5.59. The van der Waals surface area contributed by atoms with Crippen LogP contribution in [0.5, 0.6) is 5.75 Å². The number of furan rings is 1. The van der Waals surface area contributed by atoms with Gasteiger partial charge in [-0.2, -0.15) is 0 Å². The molecule has 3 N–H and O–H groups in total. The maximum Gasteiger partial charge on any atom is 0.268 e. The smallest absolute Gasteiger partial charge is 0.268 e. The van der Waals surface area contributed by atoms with E-state index in [0.29, 0.717) is 17.1 Å². The summed E-state index contributed by atoms with van der Waals surface area (Å²) in [4.78, 5) is 11.4. The van der Waals surface area contributed by atoms with E-state index in [0.717, 1.165) is 0 Å². The lowest BCUT2D eigenvalue weighted by Gasteiger charge is -2.04. The van der Waals surface area contributed by atoms with Crippen LogP contribution in [0.4, 0.5) is 4.39 Å². The van der Waals surface area contributed by atoms with Gasteiger partial charge in [0, 0.05) is 0 Å². The number of hydrogen-bond donors (Lipinski definition) is 2. The van der Waals surface area contributed by atoms with Gasteiger partial charge < -0.3 is 9.15 Å². The van der Waals surface area contributed by atoms with Crippen LogP contribution >= 0.6 is 0 Å². The lowest BCUT2D eigenvalue weighted by Crippen LogP contribution is -2.30. The summed E-state index contributed by atoms with van der Waals surface area (Å²) < 4.78 is 23.9. The van der Waals surface area contributed by atoms with Gasteiger partial charge in [0.1, 0.15) is 18.1 Å². The predicted molar refractivity (Wildman–Crippen MR) is 65.8 cm³/mol. The third kappa shape index (κ3) is 2.92. The number of ether oxygens (including phenoxy) is 1. The molecule has 0 unspecified atom stereocenters. The molecule has 2 rings (SSSR count). The number of hydrazine groups is 1. The molecule has 1 aromatic heterocycles. The molecule has 0 aliphatic carbocycles. The van der Waals surface area contributed by atoms with Crippen molar-refractivity contribution in [1.82, 2.24) is 5.43 Å². The molecule has 0 saturated heterocycles. The molecule has 0 bridgehead atoms. The van der Waals surface area contributed by atoms with Crippen LogP contribution in [0.25, 0.3) is 0 Å². The Morgan fingerprint density at radius 2 is 2.21 bits per heavy atom. The standard InChI is InChI=1S/C13H13FN2O3/c1-8-10(13(17)16-15)6-9(19-8)7-18-12-5-3-2-4-11(12)14/h2-6H,7,15H2,1H3,(H,16,17). The number of rotatable bonds is 4. The normalized spacial score (nSPS) is 10.3. The van der Waals surface area contributed by atoms with Crippen molar-refractivity contribution in [3.05, 3.63) is 53.2 Å². The Bertz CT molecular complexity index is 595. The minimum atomic E-state index is -0.453. The molecule has 6 heteroatoms. The molecule has 0 saturated carbocycles. The zero-order valence-corrected chi connectivity index (χ0v) is 10.3. The van der Waals surface area contributed by atoms with Crippen LogP contribution < -0.4 is 16.0 Å². The number of nitrogens with one attached hydrogen (secondary N) is 1. The van der Waals surface area contributed by atoms with E-state index in [4.69, 9.17) is 15.0 Å². The van der Waals surface area contributed by atoms with E-state index in [1.165, 1.54) is 18.2 Å². The fraction of sp³-hybridized carbons (Fsp3) is 0.154. The highest BCUT2D eigenvalue weighted by Crippen LogP contribution is 2.19. The van der Waals surface area contributed by atoms with Crippen LogP contribution in [-0.2, 0) is 6.61 Å². The predicted octanol–water partition coefficient (Wildman–Crippen LogP) is 1.91. The molecule has 1 amide bonds. The number of nitrogens with two attached hydrogens (primary N) is 1. The third-order valence-electron chi connectivity index (χ3n) is 2.55. The summed E-state index contributed by atoms with van der Waals surface area (Å²) in [7, 11) is 0. The average molecular weight is 264 g/mol. The topological polar surface area (TPSA) is 77.5 Å².